The highest BCUT2D eigenvalue weighted by Gasteiger charge is 2.46. The second-order valence-electron chi connectivity index (χ2n) is 7.35. The summed E-state index contributed by atoms with van der Waals surface area (Å²) in [7, 11) is 0. The number of esters is 1. The molecule has 3 aromatic carbocycles. The number of aliphatic hydroxyl groups excluding tert-OH is 1. The minimum atomic E-state index is -0.879. The molecule has 0 aliphatic carbocycles. The molecule has 0 unspecified atom stereocenters. The summed E-state index contributed by atoms with van der Waals surface area (Å²) in [5.41, 5.74) is 1.72. The topological polar surface area (TPSA) is 83.9 Å². The Kier molecular flexibility index (Phi) is 6.29. The van der Waals surface area contributed by atoms with Gasteiger partial charge in [-0.05, 0) is 48.9 Å². The zero-order chi connectivity index (χ0) is 23.5. The molecule has 0 bridgehead atoms. The average Bonchev–Trinajstić information content (AvgIpc) is 3.10. The van der Waals surface area contributed by atoms with Crippen LogP contribution >= 0.6 is 11.6 Å². The Labute approximate surface area is 195 Å². The number of hydrogen-bond donors (Lipinski definition) is 1. The van der Waals surface area contributed by atoms with Gasteiger partial charge in [-0.3, -0.25) is 14.5 Å². The van der Waals surface area contributed by atoms with Gasteiger partial charge in [0.2, 0.25) is 0 Å². The van der Waals surface area contributed by atoms with E-state index in [0.717, 1.165) is 0 Å². The van der Waals surface area contributed by atoms with Crippen LogP contribution in [0.5, 0.6) is 0 Å². The number of ketones is 1. The largest absolute Gasteiger partial charge is 0.507 e. The standard InChI is InChI=1S/C26H20ClNO5/c1-2-33-26(32)18-10-14-20(15-11-18)28-22(16-8-12-19(27)13-9-16)21(24(30)25(28)31)23(29)17-6-4-3-5-7-17/h3-15,22,29H,2H2,1H3/t22-/m1/s1. The van der Waals surface area contributed by atoms with Crippen molar-refractivity contribution in [2.24, 2.45) is 0 Å². The Morgan fingerprint density at radius 2 is 1.58 bits per heavy atom. The van der Waals surface area contributed by atoms with E-state index in [9.17, 15) is 19.5 Å². The van der Waals surface area contributed by atoms with Crippen molar-refractivity contribution in [3.63, 3.8) is 0 Å². The number of carbonyl (C=O) groups is 3. The molecule has 7 heteroatoms. The molecule has 1 N–H and O–H groups in total. The van der Waals surface area contributed by atoms with Crippen molar-refractivity contribution >= 4 is 40.7 Å². The van der Waals surface area contributed by atoms with E-state index in [-0.39, 0.29) is 17.9 Å². The second kappa shape index (κ2) is 9.30. The molecule has 1 aliphatic rings. The number of halogens is 1. The molecule has 0 saturated carbocycles. The fourth-order valence-electron chi connectivity index (χ4n) is 3.78. The lowest BCUT2D eigenvalue weighted by molar-refractivity contribution is -0.132. The van der Waals surface area contributed by atoms with Crippen molar-refractivity contribution in [1.29, 1.82) is 0 Å². The molecule has 1 aliphatic heterocycles. The Morgan fingerprint density at radius 3 is 2.18 bits per heavy atom. The lowest BCUT2D eigenvalue weighted by Crippen LogP contribution is -2.29. The third-order valence-electron chi connectivity index (χ3n) is 5.33. The number of hydrogen-bond acceptors (Lipinski definition) is 5. The monoisotopic (exact) mass is 461 g/mol. The van der Waals surface area contributed by atoms with Crippen molar-refractivity contribution in [3.05, 3.63) is 106 Å². The number of benzene rings is 3. The van der Waals surface area contributed by atoms with Gasteiger partial charge in [0.15, 0.2) is 0 Å². The maximum Gasteiger partial charge on any atom is 0.338 e. The molecule has 6 nitrogen and oxygen atoms in total. The first-order chi connectivity index (χ1) is 15.9. The lowest BCUT2D eigenvalue weighted by atomic mass is 9.95. The molecule has 1 saturated heterocycles. The summed E-state index contributed by atoms with van der Waals surface area (Å²) < 4.78 is 5.00. The first-order valence-corrected chi connectivity index (χ1v) is 10.7. The summed E-state index contributed by atoms with van der Waals surface area (Å²) in [4.78, 5) is 39.6. The molecule has 1 heterocycles. The van der Waals surface area contributed by atoms with Crippen molar-refractivity contribution < 1.29 is 24.2 Å². The van der Waals surface area contributed by atoms with Crippen LogP contribution in [0.3, 0.4) is 0 Å². The van der Waals surface area contributed by atoms with Gasteiger partial charge in [0.25, 0.3) is 11.7 Å². The SMILES string of the molecule is CCOC(=O)c1ccc(N2C(=O)C(=O)C(=C(O)c3ccccc3)[C@H]2c2ccc(Cl)cc2)cc1. The highest BCUT2D eigenvalue weighted by atomic mass is 35.5. The van der Waals surface area contributed by atoms with Gasteiger partial charge in [0.1, 0.15) is 5.76 Å². The van der Waals surface area contributed by atoms with E-state index >= 15 is 0 Å². The minimum absolute atomic E-state index is 0.0250. The van der Waals surface area contributed by atoms with E-state index in [1.165, 1.54) is 17.0 Å². The number of carbonyl (C=O) groups excluding carboxylic acids is 3. The number of Topliss-reactive ketones (excluding diaryl/α,β-unsaturated/α-hetero) is 1. The summed E-state index contributed by atoms with van der Waals surface area (Å²) in [6.45, 7) is 1.95. The maximum atomic E-state index is 13.1. The Bertz CT molecular complexity index is 1230. The van der Waals surface area contributed by atoms with Crippen LogP contribution in [-0.2, 0) is 14.3 Å². The van der Waals surface area contributed by atoms with Crippen molar-refractivity contribution in [2.75, 3.05) is 11.5 Å². The molecule has 166 valence electrons. The zero-order valence-electron chi connectivity index (χ0n) is 17.7. The minimum Gasteiger partial charge on any atom is -0.507 e. The van der Waals surface area contributed by atoms with Gasteiger partial charge in [0.05, 0.1) is 23.8 Å². The summed E-state index contributed by atoms with van der Waals surface area (Å²) in [5.74, 6) is -2.33. The Hall–Kier alpha value is -3.90. The highest BCUT2D eigenvalue weighted by Crippen LogP contribution is 2.42. The molecule has 1 atom stereocenters. The highest BCUT2D eigenvalue weighted by molar-refractivity contribution is 6.51. The molecule has 0 spiro atoms. The first-order valence-electron chi connectivity index (χ1n) is 10.3. The fourth-order valence-corrected chi connectivity index (χ4v) is 3.91. The molecular formula is C26H20ClNO5. The van der Waals surface area contributed by atoms with E-state index in [2.05, 4.69) is 0 Å². The molecule has 4 rings (SSSR count). The van der Waals surface area contributed by atoms with Crippen molar-refractivity contribution in [3.8, 4) is 0 Å². The van der Waals surface area contributed by atoms with Gasteiger partial charge in [-0.2, -0.15) is 0 Å². The van der Waals surface area contributed by atoms with Gasteiger partial charge >= 0.3 is 5.97 Å². The van der Waals surface area contributed by atoms with Gasteiger partial charge < -0.3 is 9.84 Å². The van der Waals surface area contributed by atoms with Crippen LogP contribution in [0.15, 0.2) is 84.4 Å². The maximum absolute atomic E-state index is 13.1. The number of ether oxygens (including phenoxy) is 1. The lowest BCUT2D eigenvalue weighted by Gasteiger charge is -2.25. The smallest absolute Gasteiger partial charge is 0.338 e. The van der Waals surface area contributed by atoms with Crippen LogP contribution in [0, 0.1) is 0 Å². The number of aliphatic hydroxyl groups is 1. The third kappa shape index (κ3) is 4.25. The first kappa shape index (κ1) is 22.3. The summed E-state index contributed by atoms with van der Waals surface area (Å²) >= 11 is 6.04. The molecule has 0 radical (unpaired) electrons. The molecule has 0 aromatic heterocycles. The van der Waals surface area contributed by atoms with E-state index in [0.29, 0.717) is 27.4 Å². The van der Waals surface area contributed by atoms with Gasteiger partial charge in [-0.1, -0.05) is 54.1 Å². The zero-order valence-corrected chi connectivity index (χ0v) is 18.5. The van der Waals surface area contributed by atoms with E-state index < -0.39 is 23.7 Å². The molecule has 1 fully saturated rings. The molecular weight excluding hydrogens is 442 g/mol. The van der Waals surface area contributed by atoms with Crippen LogP contribution in [0.4, 0.5) is 5.69 Å². The molecule has 3 aromatic rings. The Morgan fingerprint density at radius 1 is 0.939 bits per heavy atom. The van der Waals surface area contributed by atoms with Gasteiger partial charge in [0, 0.05) is 16.3 Å². The van der Waals surface area contributed by atoms with Gasteiger partial charge in [-0.25, -0.2) is 4.79 Å². The van der Waals surface area contributed by atoms with Crippen molar-refractivity contribution in [1.82, 2.24) is 0 Å². The normalized spacial score (nSPS) is 17.3. The van der Waals surface area contributed by atoms with Crippen LogP contribution in [0.25, 0.3) is 5.76 Å². The summed E-state index contributed by atoms with van der Waals surface area (Å²) in [5, 5.41) is 11.5. The number of nitrogens with zero attached hydrogens (tertiary/aromatic N) is 1. The third-order valence-corrected chi connectivity index (χ3v) is 5.59. The predicted molar refractivity (Wildman–Crippen MR) is 125 cm³/mol. The Balaban J connectivity index is 1.85. The van der Waals surface area contributed by atoms with Crippen LogP contribution < -0.4 is 4.90 Å². The van der Waals surface area contributed by atoms with Crippen LogP contribution in [0.2, 0.25) is 5.02 Å². The van der Waals surface area contributed by atoms with E-state index in [4.69, 9.17) is 16.3 Å². The number of amides is 1. The van der Waals surface area contributed by atoms with E-state index in [1.54, 1.807) is 73.7 Å². The number of anilines is 1. The van der Waals surface area contributed by atoms with Crippen molar-refractivity contribution in [2.45, 2.75) is 13.0 Å². The fraction of sp³-hybridized carbons (Fsp3) is 0.115. The average molecular weight is 462 g/mol. The predicted octanol–water partition coefficient (Wildman–Crippen LogP) is 5.14. The van der Waals surface area contributed by atoms with E-state index in [1.807, 2.05) is 0 Å². The second-order valence-corrected chi connectivity index (χ2v) is 7.79. The summed E-state index contributed by atoms with van der Waals surface area (Å²) in [6.07, 6.45) is 0. The molecule has 33 heavy (non-hydrogen) atoms. The van der Waals surface area contributed by atoms with Crippen LogP contribution in [0.1, 0.15) is 34.5 Å². The van der Waals surface area contributed by atoms with Crippen LogP contribution in [-0.4, -0.2) is 29.4 Å². The number of rotatable bonds is 5. The molecule has 1 amide bonds. The van der Waals surface area contributed by atoms with Gasteiger partial charge in [-0.15, -0.1) is 0 Å². The quantitative estimate of drug-likeness (QED) is 0.246. The summed E-state index contributed by atoms with van der Waals surface area (Å²) in [6, 6.07) is 20.6.